The van der Waals surface area contributed by atoms with Crippen LogP contribution in [0.1, 0.15) is 30.0 Å². The fraction of sp³-hybridized carbons (Fsp3) is 0.261. The first-order valence-corrected chi connectivity index (χ1v) is 9.60. The number of piperidine rings is 1. The number of nitrogens with zero attached hydrogens (tertiary/aromatic N) is 3. The van der Waals surface area contributed by atoms with E-state index in [1.165, 1.54) is 6.07 Å². The van der Waals surface area contributed by atoms with Crippen LogP contribution in [0, 0.1) is 5.82 Å². The lowest BCUT2D eigenvalue weighted by atomic mass is 9.94. The van der Waals surface area contributed by atoms with Crippen LogP contribution in [0.5, 0.6) is 0 Å². The van der Waals surface area contributed by atoms with Gasteiger partial charge >= 0.3 is 0 Å². The molecule has 2 heterocycles. The number of benzene rings is 2. The Morgan fingerprint density at radius 2 is 1.86 bits per heavy atom. The number of likely N-dealkylation sites (tertiary alicyclic amines) is 1. The molecule has 142 valence electrons. The van der Waals surface area contributed by atoms with Gasteiger partial charge in [-0.25, -0.2) is 14.4 Å². The Morgan fingerprint density at radius 3 is 2.68 bits per heavy atom. The molecule has 0 spiro atoms. The number of halogens is 1. The summed E-state index contributed by atoms with van der Waals surface area (Å²) in [4.78, 5) is 23.7. The second kappa shape index (κ2) is 8.30. The van der Waals surface area contributed by atoms with Crippen molar-refractivity contribution in [2.75, 3.05) is 13.1 Å². The van der Waals surface area contributed by atoms with Gasteiger partial charge in [-0.1, -0.05) is 48.5 Å². The topological polar surface area (TPSA) is 46.1 Å². The number of amides is 1. The molecule has 1 amide bonds. The normalized spacial score (nSPS) is 16.8. The molecule has 1 aromatic heterocycles. The number of carbonyl (C=O) groups is 1. The van der Waals surface area contributed by atoms with Crippen molar-refractivity contribution >= 4 is 5.91 Å². The van der Waals surface area contributed by atoms with Crippen LogP contribution in [0.3, 0.4) is 0 Å². The first-order valence-electron chi connectivity index (χ1n) is 9.60. The standard InChI is InChI=1S/C23H22FN3O/c24-20-11-5-4-9-18(20)15-22(28)27-14-6-10-19(16-27)21-12-13-25-23(26-21)17-7-2-1-3-8-17/h1-5,7-9,11-13,19H,6,10,14-16H2. The number of rotatable bonds is 4. The maximum Gasteiger partial charge on any atom is 0.227 e. The minimum absolute atomic E-state index is 0.0351. The van der Waals surface area contributed by atoms with Crippen molar-refractivity contribution in [2.24, 2.45) is 0 Å². The number of hydrogen-bond acceptors (Lipinski definition) is 3. The molecule has 28 heavy (non-hydrogen) atoms. The molecule has 0 radical (unpaired) electrons. The molecule has 5 heteroatoms. The predicted molar refractivity (Wildman–Crippen MR) is 106 cm³/mol. The smallest absolute Gasteiger partial charge is 0.227 e. The van der Waals surface area contributed by atoms with Crippen molar-refractivity contribution < 1.29 is 9.18 Å². The predicted octanol–water partition coefficient (Wildman–Crippen LogP) is 4.23. The molecule has 0 aliphatic carbocycles. The van der Waals surface area contributed by atoms with Gasteiger partial charge in [0.25, 0.3) is 0 Å². The zero-order valence-corrected chi connectivity index (χ0v) is 15.6. The maximum atomic E-state index is 13.9. The molecule has 1 saturated heterocycles. The molecule has 2 aromatic carbocycles. The Bertz CT molecular complexity index is 961. The largest absolute Gasteiger partial charge is 0.342 e. The Kier molecular flexibility index (Phi) is 5.42. The molecule has 0 N–H and O–H groups in total. The SMILES string of the molecule is O=C(Cc1ccccc1F)N1CCCC(c2ccnc(-c3ccccc3)n2)C1. The van der Waals surface area contributed by atoms with Gasteiger partial charge in [-0.05, 0) is 30.5 Å². The lowest BCUT2D eigenvalue weighted by Gasteiger charge is -2.32. The third-order valence-corrected chi connectivity index (χ3v) is 5.20. The van der Waals surface area contributed by atoms with Gasteiger partial charge in [-0.2, -0.15) is 0 Å². The Labute approximate surface area is 164 Å². The van der Waals surface area contributed by atoms with Gasteiger partial charge < -0.3 is 4.90 Å². The number of hydrogen-bond donors (Lipinski definition) is 0. The molecule has 4 rings (SSSR count). The summed E-state index contributed by atoms with van der Waals surface area (Å²) in [5.41, 5.74) is 2.38. The minimum Gasteiger partial charge on any atom is -0.342 e. The fourth-order valence-corrected chi connectivity index (χ4v) is 3.69. The molecule has 1 unspecified atom stereocenters. The van der Waals surface area contributed by atoms with Gasteiger partial charge in [0, 0.05) is 36.5 Å². The van der Waals surface area contributed by atoms with Crippen LogP contribution in [0.2, 0.25) is 0 Å². The van der Waals surface area contributed by atoms with Crippen molar-refractivity contribution in [3.8, 4) is 11.4 Å². The van der Waals surface area contributed by atoms with Crippen LogP contribution < -0.4 is 0 Å². The van der Waals surface area contributed by atoms with E-state index in [2.05, 4.69) is 4.98 Å². The maximum absolute atomic E-state index is 13.9. The van der Waals surface area contributed by atoms with Crippen molar-refractivity contribution in [3.05, 3.63) is 83.9 Å². The average molecular weight is 375 g/mol. The molecule has 4 nitrogen and oxygen atoms in total. The number of aromatic nitrogens is 2. The van der Waals surface area contributed by atoms with E-state index in [1.54, 1.807) is 24.4 Å². The van der Waals surface area contributed by atoms with Crippen LogP contribution in [0.25, 0.3) is 11.4 Å². The molecule has 0 bridgehead atoms. The van der Waals surface area contributed by atoms with E-state index in [4.69, 9.17) is 4.98 Å². The second-order valence-corrected chi connectivity index (χ2v) is 7.12. The summed E-state index contributed by atoms with van der Waals surface area (Å²) in [6, 6.07) is 18.3. The lowest BCUT2D eigenvalue weighted by Crippen LogP contribution is -2.40. The van der Waals surface area contributed by atoms with Crippen molar-refractivity contribution in [3.63, 3.8) is 0 Å². The van der Waals surface area contributed by atoms with E-state index in [0.717, 1.165) is 24.1 Å². The highest BCUT2D eigenvalue weighted by molar-refractivity contribution is 5.79. The van der Waals surface area contributed by atoms with Crippen LogP contribution in [-0.4, -0.2) is 33.9 Å². The summed E-state index contributed by atoms with van der Waals surface area (Å²) in [5, 5.41) is 0. The van der Waals surface area contributed by atoms with Gasteiger partial charge in [-0.15, -0.1) is 0 Å². The summed E-state index contributed by atoms with van der Waals surface area (Å²) in [7, 11) is 0. The second-order valence-electron chi connectivity index (χ2n) is 7.12. The van der Waals surface area contributed by atoms with Gasteiger partial charge in [0.1, 0.15) is 5.82 Å². The van der Waals surface area contributed by atoms with Crippen LogP contribution in [-0.2, 0) is 11.2 Å². The molecule has 1 aliphatic rings. The van der Waals surface area contributed by atoms with Gasteiger partial charge in [0.15, 0.2) is 5.82 Å². The number of carbonyl (C=O) groups excluding carboxylic acids is 1. The van der Waals surface area contributed by atoms with E-state index in [0.29, 0.717) is 24.5 Å². The highest BCUT2D eigenvalue weighted by Gasteiger charge is 2.26. The summed E-state index contributed by atoms with van der Waals surface area (Å²) in [6.07, 6.45) is 3.77. The third-order valence-electron chi connectivity index (χ3n) is 5.20. The Hall–Kier alpha value is -3.08. The minimum atomic E-state index is -0.326. The zero-order valence-electron chi connectivity index (χ0n) is 15.6. The molecule has 3 aromatic rings. The first kappa shape index (κ1) is 18.3. The van der Waals surface area contributed by atoms with Crippen molar-refractivity contribution in [2.45, 2.75) is 25.2 Å². The summed E-state index contributed by atoms with van der Waals surface area (Å²) >= 11 is 0. The highest BCUT2D eigenvalue weighted by Crippen LogP contribution is 2.27. The van der Waals surface area contributed by atoms with Gasteiger partial charge in [-0.3, -0.25) is 4.79 Å². The molecular weight excluding hydrogens is 353 g/mol. The third kappa shape index (κ3) is 4.09. The molecular formula is C23H22FN3O. The summed E-state index contributed by atoms with van der Waals surface area (Å²) in [6.45, 7) is 1.32. The van der Waals surface area contributed by atoms with E-state index < -0.39 is 0 Å². The fourth-order valence-electron chi connectivity index (χ4n) is 3.69. The highest BCUT2D eigenvalue weighted by atomic mass is 19.1. The van der Waals surface area contributed by atoms with Crippen LogP contribution in [0.15, 0.2) is 66.9 Å². The van der Waals surface area contributed by atoms with E-state index in [1.807, 2.05) is 41.3 Å². The van der Waals surface area contributed by atoms with Crippen LogP contribution in [0.4, 0.5) is 4.39 Å². The van der Waals surface area contributed by atoms with E-state index in [-0.39, 0.29) is 24.1 Å². The lowest BCUT2D eigenvalue weighted by molar-refractivity contribution is -0.131. The van der Waals surface area contributed by atoms with Gasteiger partial charge in [0.05, 0.1) is 6.42 Å². The van der Waals surface area contributed by atoms with Crippen molar-refractivity contribution in [1.29, 1.82) is 0 Å². The molecule has 1 atom stereocenters. The van der Waals surface area contributed by atoms with E-state index >= 15 is 0 Å². The van der Waals surface area contributed by atoms with Gasteiger partial charge in [0.2, 0.25) is 5.91 Å². The Balaban J connectivity index is 1.48. The summed E-state index contributed by atoms with van der Waals surface area (Å²) < 4.78 is 13.9. The Morgan fingerprint density at radius 1 is 1.07 bits per heavy atom. The molecule has 1 fully saturated rings. The zero-order chi connectivity index (χ0) is 19.3. The first-order chi connectivity index (χ1) is 13.7. The molecule has 0 saturated carbocycles. The molecule has 1 aliphatic heterocycles. The summed E-state index contributed by atoms with van der Waals surface area (Å²) in [5.74, 6) is 0.511. The van der Waals surface area contributed by atoms with Crippen LogP contribution >= 0.6 is 0 Å². The quantitative estimate of drug-likeness (QED) is 0.685. The average Bonchev–Trinajstić information content (AvgIpc) is 2.76. The van der Waals surface area contributed by atoms with Crippen molar-refractivity contribution in [1.82, 2.24) is 14.9 Å². The van der Waals surface area contributed by atoms with E-state index in [9.17, 15) is 9.18 Å². The monoisotopic (exact) mass is 375 g/mol.